The average Bonchev–Trinajstić information content (AvgIpc) is 3.01. The summed E-state index contributed by atoms with van der Waals surface area (Å²) in [6, 6.07) is 13.6. The van der Waals surface area contributed by atoms with Crippen LogP contribution in [0.1, 0.15) is 74.2 Å². The molecule has 1 heterocycles. The molecular weight excluding hydrogens is 416 g/mol. The highest BCUT2D eigenvalue weighted by Gasteiger charge is 2.31. The van der Waals surface area contributed by atoms with E-state index in [0.717, 1.165) is 57.5 Å². The van der Waals surface area contributed by atoms with E-state index in [-0.39, 0.29) is 1.43 Å². The Morgan fingerprint density at radius 2 is 1.76 bits per heavy atom. The lowest BCUT2D eigenvalue weighted by molar-refractivity contribution is 0.148. The van der Waals surface area contributed by atoms with Crippen molar-refractivity contribution in [1.82, 2.24) is 9.80 Å². The van der Waals surface area contributed by atoms with Gasteiger partial charge in [0.2, 0.25) is 0 Å². The molecule has 1 atom stereocenters. The van der Waals surface area contributed by atoms with E-state index in [1.54, 1.807) is 5.57 Å². The van der Waals surface area contributed by atoms with Crippen molar-refractivity contribution in [2.24, 2.45) is 0 Å². The van der Waals surface area contributed by atoms with Crippen molar-refractivity contribution in [2.45, 2.75) is 51.5 Å². The van der Waals surface area contributed by atoms with E-state index in [9.17, 15) is 0 Å². The molecule has 2 aliphatic carbocycles. The van der Waals surface area contributed by atoms with Crippen LogP contribution < -0.4 is 5.73 Å². The summed E-state index contributed by atoms with van der Waals surface area (Å²) >= 11 is 0. The van der Waals surface area contributed by atoms with E-state index in [2.05, 4.69) is 60.2 Å². The maximum Gasteiger partial charge on any atom is 0.0409 e. The first kappa shape index (κ1) is 23.1. The van der Waals surface area contributed by atoms with Gasteiger partial charge in [-0.3, -0.25) is 4.90 Å². The number of nitrogens with one attached hydrogen (secondary N) is 1. The molecule has 5 rings (SSSR count). The summed E-state index contributed by atoms with van der Waals surface area (Å²) in [6.45, 7) is 7.81. The topological polar surface area (TPSA) is 56.4 Å². The number of benzene rings is 2. The number of nitrogen functional groups attached to an aromatic ring is 1. The number of hydrogen-bond donors (Lipinski definition) is 2. The smallest absolute Gasteiger partial charge is 0.0409 e. The van der Waals surface area contributed by atoms with Gasteiger partial charge in [0.05, 0.1) is 0 Å². The molecule has 3 aliphatic rings. The van der Waals surface area contributed by atoms with Crippen molar-refractivity contribution in [2.75, 3.05) is 39.0 Å². The summed E-state index contributed by atoms with van der Waals surface area (Å²) < 4.78 is 0. The Labute approximate surface area is 206 Å². The number of nitrogens with zero attached hydrogens (tertiary/aromatic N) is 2. The monoisotopic (exact) mass is 456 g/mol. The number of rotatable bonds is 4. The second-order valence-electron chi connectivity index (χ2n) is 10.2. The number of allylic oxidation sites excluding steroid dienone is 4. The van der Waals surface area contributed by atoms with E-state index in [1.165, 1.54) is 52.5 Å². The van der Waals surface area contributed by atoms with E-state index in [4.69, 9.17) is 11.1 Å². The predicted octanol–water partition coefficient (Wildman–Crippen LogP) is 6.18. The van der Waals surface area contributed by atoms with Crippen LogP contribution in [0.25, 0.3) is 11.1 Å². The van der Waals surface area contributed by atoms with Crippen LogP contribution in [-0.2, 0) is 6.54 Å². The highest BCUT2D eigenvalue weighted by Crippen LogP contribution is 2.50. The predicted molar refractivity (Wildman–Crippen MR) is 146 cm³/mol. The Morgan fingerprint density at radius 1 is 1.03 bits per heavy atom. The fraction of sp³-hybridized carbons (Fsp3) is 0.433. The van der Waals surface area contributed by atoms with Crippen molar-refractivity contribution >= 4 is 23.0 Å². The van der Waals surface area contributed by atoms with Gasteiger partial charge in [0.25, 0.3) is 0 Å². The number of hydrogen-bond acceptors (Lipinski definition) is 4. The Balaban J connectivity index is 0.00000289. The summed E-state index contributed by atoms with van der Waals surface area (Å²) in [6.07, 6.45) is 9.45. The minimum Gasteiger partial charge on any atom is -0.398 e. The maximum absolute atomic E-state index is 8.13. The number of fused-ring (bicyclic) bond motifs is 2. The van der Waals surface area contributed by atoms with Crippen LogP contribution >= 0.6 is 0 Å². The molecule has 4 nitrogen and oxygen atoms in total. The zero-order chi connectivity index (χ0) is 23.7. The van der Waals surface area contributed by atoms with Crippen LogP contribution in [0.15, 0.2) is 48.0 Å². The molecule has 2 aromatic carbocycles. The standard InChI is InChI=1S/C30H38N4.H2/c1-3-22-18-27(23-10-8-21(9-11-23)20-34-16-14-33(2)15-17-34)25-6-4-5-7-26(25)30-24(22)12-13-29(32)28(30)19-31;/h3,8-13,19,27,31H,4-7,14-18,20,32H2,1-2H3;1H/b22-3-,31-19?;. The highest BCUT2D eigenvalue weighted by atomic mass is 15.2. The number of anilines is 1. The van der Waals surface area contributed by atoms with Crippen molar-refractivity contribution < 1.29 is 1.43 Å². The molecular formula is C30H40N4. The Morgan fingerprint density at radius 3 is 2.47 bits per heavy atom. The van der Waals surface area contributed by atoms with Crippen molar-refractivity contribution in [3.05, 3.63) is 75.9 Å². The SMILES string of the molecule is C/C=C1/CC(c2ccc(CN3CCN(C)CC3)cc2)C2=C(CCCC2)c2c1ccc(N)c2C=N.[HH]. The van der Waals surface area contributed by atoms with Gasteiger partial charge in [-0.05, 0) is 85.5 Å². The van der Waals surface area contributed by atoms with E-state index >= 15 is 0 Å². The summed E-state index contributed by atoms with van der Waals surface area (Å²) in [7, 11) is 2.21. The minimum atomic E-state index is 0. The molecule has 3 N–H and O–H groups in total. The molecule has 1 fully saturated rings. The lowest BCUT2D eigenvalue weighted by atomic mass is 9.78. The largest absolute Gasteiger partial charge is 0.398 e. The zero-order valence-electron chi connectivity index (χ0n) is 20.7. The van der Waals surface area contributed by atoms with Crippen LogP contribution in [0.3, 0.4) is 0 Å². The molecule has 0 spiro atoms. The van der Waals surface area contributed by atoms with Gasteiger partial charge in [0.15, 0.2) is 0 Å². The molecule has 0 aromatic heterocycles. The third-order valence-electron chi connectivity index (χ3n) is 8.16. The van der Waals surface area contributed by atoms with Crippen LogP contribution in [0.2, 0.25) is 0 Å². The Kier molecular flexibility index (Phi) is 6.71. The molecule has 1 unspecified atom stereocenters. The quantitative estimate of drug-likeness (QED) is 0.427. The molecule has 0 amide bonds. The first-order valence-corrected chi connectivity index (χ1v) is 12.9. The van der Waals surface area contributed by atoms with Gasteiger partial charge in [0.1, 0.15) is 0 Å². The van der Waals surface area contributed by atoms with Crippen molar-refractivity contribution in [3.63, 3.8) is 0 Å². The third-order valence-corrected chi connectivity index (χ3v) is 8.16. The van der Waals surface area contributed by atoms with E-state index in [1.807, 2.05) is 6.07 Å². The molecule has 2 aromatic rings. The molecule has 1 aliphatic heterocycles. The first-order chi connectivity index (χ1) is 16.6. The lowest BCUT2D eigenvalue weighted by Gasteiger charge is -2.32. The van der Waals surface area contributed by atoms with E-state index < -0.39 is 0 Å². The van der Waals surface area contributed by atoms with Gasteiger partial charge >= 0.3 is 0 Å². The summed E-state index contributed by atoms with van der Waals surface area (Å²) in [5, 5.41) is 8.13. The Hall–Kier alpha value is -2.69. The van der Waals surface area contributed by atoms with Crippen LogP contribution in [-0.4, -0.2) is 49.2 Å². The maximum atomic E-state index is 8.13. The van der Waals surface area contributed by atoms with Gasteiger partial charge < -0.3 is 16.0 Å². The molecule has 0 bridgehead atoms. The second kappa shape index (κ2) is 9.89. The van der Waals surface area contributed by atoms with Crippen LogP contribution in [0, 0.1) is 5.41 Å². The van der Waals surface area contributed by atoms with Gasteiger partial charge in [0, 0.05) is 57.5 Å². The van der Waals surface area contributed by atoms with Gasteiger partial charge in [-0.2, -0.15) is 0 Å². The molecule has 180 valence electrons. The van der Waals surface area contributed by atoms with Crippen molar-refractivity contribution in [3.8, 4) is 0 Å². The molecule has 34 heavy (non-hydrogen) atoms. The summed E-state index contributed by atoms with van der Waals surface area (Å²) in [4.78, 5) is 4.98. The van der Waals surface area contributed by atoms with Gasteiger partial charge in [-0.15, -0.1) is 0 Å². The lowest BCUT2D eigenvalue weighted by Crippen LogP contribution is -2.43. The number of piperazine rings is 1. The summed E-state index contributed by atoms with van der Waals surface area (Å²) in [5.74, 6) is 0.395. The van der Waals surface area contributed by atoms with Crippen molar-refractivity contribution in [1.29, 1.82) is 5.41 Å². The molecule has 4 heteroatoms. The van der Waals surface area contributed by atoms with Gasteiger partial charge in [-0.1, -0.05) is 42.0 Å². The fourth-order valence-electron chi connectivity index (χ4n) is 6.15. The Bertz CT molecular complexity index is 1120. The second-order valence-corrected chi connectivity index (χ2v) is 10.2. The minimum absolute atomic E-state index is 0. The first-order valence-electron chi connectivity index (χ1n) is 12.9. The molecule has 1 saturated heterocycles. The number of likely N-dealkylation sites (N-methyl/N-ethyl adjacent to an activating group) is 1. The van der Waals surface area contributed by atoms with Gasteiger partial charge in [-0.25, -0.2) is 0 Å². The van der Waals surface area contributed by atoms with Crippen LogP contribution in [0.4, 0.5) is 5.69 Å². The molecule has 0 radical (unpaired) electrons. The average molecular weight is 457 g/mol. The normalized spacial score (nSPS) is 22.9. The number of nitrogens with two attached hydrogens (primary N) is 1. The molecule has 0 saturated carbocycles. The summed E-state index contributed by atoms with van der Waals surface area (Å²) in [5.41, 5.74) is 17.7. The van der Waals surface area contributed by atoms with E-state index in [0.29, 0.717) is 11.6 Å². The zero-order valence-corrected chi connectivity index (χ0v) is 20.7. The highest BCUT2D eigenvalue weighted by molar-refractivity contribution is 5.98. The van der Waals surface area contributed by atoms with Crippen LogP contribution in [0.5, 0.6) is 0 Å². The third kappa shape index (κ3) is 4.37. The fourth-order valence-corrected chi connectivity index (χ4v) is 6.15.